The summed E-state index contributed by atoms with van der Waals surface area (Å²) in [5.41, 5.74) is 12.4. The first-order valence-corrected chi connectivity index (χ1v) is 4.20. The van der Waals surface area contributed by atoms with E-state index in [0.717, 1.165) is 18.5 Å². The fraction of sp³-hybridized carbons (Fsp3) is 0.333. The Kier molecular flexibility index (Phi) is 8.01. The fourth-order valence-corrected chi connectivity index (χ4v) is 1.17. The molecule has 0 aromatic carbocycles. The Hall–Kier alpha value is -1.000. The SMILES string of the molecule is CCCc1nccc(C(N)=O)c1N.Cl.Cl. The van der Waals surface area contributed by atoms with Crippen molar-refractivity contribution in [3.63, 3.8) is 0 Å². The molecule has 0 spiro atoms. The molecule has 6 heteroatoms. The molecule has 86 valence electrons. The number of nitrogens with zero attached hydrogens (tertiary/aromatic N) is 1. The van der Waals surface area contributed by atoms with E-state index in [1.807, 2.05) is 6.92 Å². The summed E-state index contributed by atoms with van der Waals surface area (Å²) in [6, 6.07) is 1.54. The first-order chi connectivity index (χ1) is 6.16. The van der Waals surface area contributed by atoms with Crippen LogP contribution in [0.2, 0.25) is 0 Å². The molecular weight excluding hydrogens is 237 g/mol. The van der Waals surface area contributed by atoms with E-state index in [0.29, 0.717) is 11.3 Å². The van der Waals surface area contributed by atoms with Gasteiger partial charge in [-0.1, -0.05) is 13.3 Å². The van der Waals surface area contributed by atoms with Crippen molar-refractivity contribution in [3.05, 3.63) is 23.5 Å². The normalized spacial score (nSPS) is 8.60. The molecule has 0 saturated carbocycles. The van der Waals surface area contributed by atoms with Crippen molar-refractivity contribution in [2.75, 3.05) is 5.73 Å². The van der Waals surface area contributed by atoms with Crippen LogP contribution < -0.4 is 11.5 Å². The molecule has 1 aromatic rings. The van der Waals surface area contributed by atoms with Crippen LogP contribution in [0.1, 0.15) is 29.4 Å². The van der Waals surface area contributed by atoms with E-state index < -0.39 is 5.91 Å². The Morgan fingerprint density at radius 1 is 1.47 bits per heavy atom. The van der Waals surface area contributed by atoms with Gasteiger partial charge in [0.1, 0.15) is 0 Å². The van der Waals surface area contributed by atoms with Crippen molar-refractivity contribution in [2.45, 2.75) is 19.8 Å². The number of pyridine rings is 1. The van der Waals surface area contributed by atoms with Gasteiger partial charge in [0.15, 0.2) is 0 Å². The number of halogens is 2. The summed E-state index contributed by atoms with van der Waals surface area (Å²) in [5, 5.41) is 0. The maximum Gasteiger partial charge on any atom is 0.250 e. The number of hydrogen-bond acceptors (Lipinski definition) is 3. The van der Waals surface area contributed by atoms with E-state index in [1.54, 1.807) is 6.20 Å². The highest BCUT2D eigenvalue weighted by Crippen LogP contribution is 2.15. The number of aryl methyl sites for hydroxylation is 1. The standard InChI is InChI=1S/C9H13N3O.2ClH/c1-2-3-7-8(10)6(9(11)13)4-5-12-7;;/h4-5H,2-3,10H2,1H3,(H2,11,13);2*1H. The highest BCUT2D eigenvalue weighted by Gasteiger charge is 2.09. The zero-order valence-corrected chi connectivity index (χ0v) is 10.0. The van der Waals surface area contributed by atoms with Crippen molar-refractivity contribution < 1.29 is 4.79 Å². The smallest absolute Gasteiger partial charge is 0.250 e. The number of hydrogen-bond donors (Lipinski definition) is 2. The molecule has 0 bridgehead atoms. The third kappa shape index (κ3) is 3.93. The van der Waals surface area contributed by atoms with Crippen LogP contribution in [0.5, 0.6) is 0 Å². The summed E-state index contributed by atoms with van der Waals surface area (Å²) >= 11 is 0. The van der Waals surface area contributed by atoms with E-state index >= 15 is 0 Å². The molecule has 0 saturated heterocycles. The summed E-state index contributed by atoms with van der Waals surface area (Å²) in [7, 11) is 0. The molecule has 0 radical (unpaired) electrons. The molecule has 0 aliphatic carbocycles. The molecule has 4 nitrogen and oxygen atoms in total. The number of primary amides is 1. The summed E-state index contributed by atoms with van der Waals surface area (Å²) in [5.74, 6) is -0.503. The van der Waals surface area contributed by atoms with Gasteiger partial charge in [-0.25, -0.2) is 0 Å². The van der Waals surface area contributed by atoms with Crippen molar-refractivity contribution in [3.8, 4) is 0 Å². The minimum Gasteiger partial charge on any atom is -0.397 e. The van der Waals surface area contributed by atoms with Gasteiger partial charge in [-0.3, -0.25) is 9.78 Å². The lowest BCUT2D eigenvalue weighted by Crippen LogP contribution is -2.15. The number of nitrogen functional groups attached to an aromatic ring is 1. The van der Waals surface area contributed by atoms with Crippen molar-refractivity contribution in [1.29, 1.82) is 0 Å². The van der Waals surface area contributed by atoms with Crippen LogP contribution >= 0.6 is 24.8 Å². The molecule has 0 fully saturated rings. The number of carbonyl (C=O) groups is 1. The highest BCUT2D eigenvalue weighted by molar-refractivity contribution is 5.98. The van der Waals surface area contributed by atoms with Crippen LogP contribution in [-0.4, -0.2) is 10.9 Å². The van der Waals surface area contributed by atoms with Gasteiger partial charge in [0, 0.05) is 6.20 Å². The molecule has 0 atom stereocenters. The van der Waals surface area contributed by atoms with E-state index in [4.69, 9.17) is 11.5 Å². The minimum atomic E-state index is -0.503. The lowest BCUT2D eigenvalue weighted by molar-refractivity contribution is 0.100. The molecule has 0 unspecified atom stereocenters. The Morgan fingerprint density at radius 3 is 2.53 bits per heavy atom. The zero-order valence-electron chi connectivity index (χ0n) is 8.40. The van der Waals surface area contributed by atoms with Gasteiger partial charge in [0.2, 0.25) is 0 Å². The Labute approximate surface area is 101 Å². The average molecular weight is 252 g/mol. The largest absolute Gasteiger partial charge is 0.397 e. The van der Waals surface area contributed by atoms with Gasteiger partial charge in [-0.2, -0.15) is 0 Å². The summed E-state index contributed by atoms with van der Waals surface area (Å²) in [6.45, 7) is 2.03. The van der Waals surface area contributed by atoms with E-state index in [1.165, 1.54) is 6.07 Å². The first-order valence-electron chi connectivity index (χ1n) is 4.20. The summed E-state index contributed by atoms with van der Waals surface area (Å²) in [4.78, 5) is 15.0. The molecule has 0 aliphatic rings. The number of rotatable bonds is 3. The Bertz CT molecular complexity index is 331. The van der Waals surface area contributed by atoms with Crippen molar-refractivity contribution in [2.24, 2.45) is 5.73 Å². The summed E-state index contributed by atoms with van der Waals surface area (Å²) < 4.78 is 0. The van der Waals surface area contributed by atoms with Crippen molar-refractivity contribution in [1.82, 2.24) is 4.98 Å². The van der Waals surface area contributed by atoms with Gasteiger partial charge in [-0.15, -0.1) is 24.8 Å². The number of nitrogens with two attached hydrogens (primary N) is 2. The van der Waals surface area contributed by atoms with E-state index in [-0.39, 0.29) is 24.8 Å². The Balaban J connectivity index is 0. The number of carbonyl (C=O) groups excluding carboxylic acids is 1. The highest BCUT2D eigenvalue weighted by atomic mass is 35.5. The molecule has 1 aromatic heterocycles. The lowest BCUT2D eigenvalue weighted by Gasteiger charge is -2.05. The number of aromatic nitrogens is 1. The van der Waals surface area contributed by atoms with E-state index in [2.05, 4.69) is 4.98 Å². The number of amides is 1. The Morgan fingerprint density at radius 2 is 2.07 bits per heavy atom. The van der Waals surface area contributed by atoms with Gasteiger partial charge in [0.25, 0.3) is 5.91 Å². The van der Waals surface area contributed by atoms with Gasteiger partial charge < -0.3 is 11.5 Å². The minimum absolute atomic E-state index is 0. The second kappa shape index (κ2) is 7.31. The van der Waals surface area contributed by atoms with Gasteiger partial charge in [0.05, 0.1) is 16.9 Å². The second-order valence-corrected chi connectivity index (χ2v) is 2.83. The fourth-order valence-electron chi connectivity index (χ4n) is 1.17. The predicted octanol–water partition coefficient (Wildman–Crippen LogP) is 1.56. The molecule has 15 heavy (non-hydrogen) atoms. The van der Waals surface area contributed by atoms with Crippen LogP contribution in [0, 0.1) is 0 Å². The van der Waals surface area contributed by atoms with Crippen molar-refractivity contribution >= 4 is 36.4 Å². The lowest BCUT2D eigenvalue weighted by atomic mass is 10.1. The molecule has 1 rings (SSSR count). The van der Waals surface area contributed by atoms with Crippen LogP contribution in [0.15, 0.2) is 12.3 Å². The van der Waals surface area contributed by atoms with E-state index in [9.17, 15) is 4.79 Å². The zero-order chi connectivity index (χ0) is 9.84. The maximum atomic E-state index is 10.9. The monoisotopic (exact) mass is 251 g/mol. The molecule has 0 aliphatic heterocycles. The van der Waals surface area contributed by atoms with Gasteiger partial charge in [-0.05, 0) is 12.5 Å². The maximum absolute atomic E-state index is 10.9. The van der Waals surface area contributed by atoms with Crippen LogP contribution in [0.3, 0.4) is 0 Å². The second-order valence-electron chi connectivity index (χ2n) is 2.83. The first kappa shape index (κ1) is 16.4. The van der Waals surface area contributed by atoms with Crippen LogP contribution in [-0.2, 0) is 6.42 Å². The molecule has 1 heterocycles. The number of anilines is 1. The third-order valence-corrected chi connectivity index (χ3v) is 1.82. The van der Waals surface area contributed by atoms with Gasteiger partial charge >= 0.3 is 0 Å². The predicted molar refractivity (Wildman–Crippen MR) is 65.7 cm³/mol. The third-order valence-electron chi connectivity index (χ3n) is 1.82. The molecule has 1 amide bonds. The van der Waals surface area contributed by atoms with Crippen LogP contribution in [0.4, 0.5) is 5.69 Å². The van der Waals surface area contributed by atoms with Crippen LogP contribution in [0.25, 0.3) is 0 Å². The quantitative estimate of drug-likeness (QED) is 0.856. The average Bonchev–Trinajstić information content (AvgIpc) is 2.08. The molecule has 4 N–H and O–H groups in total. The topological polar surface area (TPSA) is 82.0 Å². The summed E-state index contributed by atoms with van der Waals surface area (Å²) in [6.07, 6.45) is 3.27. The molecular formula is C9H15Cl2N3O.